The number of nitrogens with zero attached hydrogens (tertiary/aromatic N) is 2. The molecule has 25 heavy (non-hydrogen) atoms. The third-order valence-electron chi connectivity index (χ3n) is 5.88. The van der Waals surface area contributed by atoms with Crippen LogP contribution in [0, 0.1) is 5.92 Å². The standard InChI is InChI=1S/C17H25BN2O4S/c1-16(2)17(3,4)24-18(23-16)13-8-9-14-15(10-13)19(5)25(21,22)20(14)11-12-6-7-12/h8-10,12H,6-7,11H2,1-5H3. The van der Waals surface area contributed by atoms with Gasteiger partial charge in [0.15, 0.2) is 0 Å². The van der Waals surface area contributed by atoms with Crippen LogP contribution < -0.4 is 14.1 Å². The summed E-state index contributed by atoms with van der Waals surface area (Å²) in [5.41, 5.74) is 1.43. The second kappa shape index (κ2) is 5.14. The summed E-state index contributed by atoms with van der Waals surface area (Å²) in [6.07, 6.45) is 2.22. The van der Waals surface area contributed by atoms with Gasteiger partial charge in [0.05, 0.1) is 22.6 Å². The zero-order valence-electron chi connectivity index (χ0n) is 15.4. The Morgan fingerprint density at radius 1 is 1.12 bits per heavy atom. The molecule has 0 amide bonds. The molecular formula is C17H25BN2O4S. The van der Waals surface area contributed by atoms with Gasteiger partial charge < -0.3 is 9.31 Å². The molecule has 0 radical (unpaired) electrons. The summed E-state index contributed by atoms with van der Waals surface area (Å²) in [4.78, 5) is 0. The summed E-state index contributed by atoms with van der Waals surface area (Å²) in [6.45, 7) is 8.60. The van der Waals surface area contributed by atoms with Crippen molar-refractivity contribution in [1.29, 1.82) is 0 Å². The minimum Gasteiger partial charge on any atom is -0.399 e. The Morgan fingerprint density at radius 3 is 2.28 bits per heavy atom. The molecule has 3 aliphatic rings. The van der Waals surface area contributed by atoms with Gasteiger partial charge in [-0.15, -0.1) is 0 Å². The van der Waals surface area contributed by atoms with Crippen LogP contribution in [0.1, 0.15) is 40.5 Å². The highest BCUT2D eigenvalue weighted by Gasteiger charge is 2.52. The monoisotopic (exact) mass is 364 g/mol. The predicted molar refractivity (Wildman–Crippen MR) is 99.6 cm³/mol. The molecule has 0 unspecified atom stereocenters. The molecule has 8 heteroatoms. The Hall–Kier alpha value is -1.25. The SMILES string of the molecule is CN1c2cc(B3OC(C)(C)C(C)(C)O3)ccc2N(CC2CC2)S1(=O)=O. The molecule has 0 bridgehead atoms. The fraction of sp³-hybridized carbons (Fsp3) is 0.647. The fourth-order valence-corrected chi connectivity index (χ4v) is 4.75. The second-order valence-electron chi connectivity index (χ2n) is 8.29. The number of fused-ring (bicyclic) bond motifs is 1. The first kappa shape index (κ1) is 17.2. The third kappa shape index (κ3) is 2.57. The van der Waals surface area contributed by atoms with E-state index in [-0.39, 0.29) is 0 Å². The predicted octanol–water partition coefficient (Wildman–Crippen LogP) is 1.90. The average molecular weight is 364 g/mol. The zero-order chi connectivity index (χ0) is 18.2. The third-order valence-corrected chi connectivity index (χ3v) is 7.67. The highest BCUT2D eigenvalue weighted by Crippen LogP contribution is 2.43. The Morgan fingerprint density at radius 2 is 1.72 bits per heavy atom. The van der Waals surface area contributed by atoms with Crippen molar-refractivity contribution in [2.45, 2.75) is 51.7 Å². The van der Waals surface area contributed by atoms with Crippen molar-refractivity contribution in [3.05, 3.63) is 18.2 Å². The van der Waals surface area contributed by atoms with Crippen molar-refractivity contribution >= 4 is 34.2 Å². The summed E-state index contributed by atoms with van der Waals surface area (Å²) in [6, 6.07) is 5.66. The molecule has 2 fully saturated rings. The van der Waals surface area contributed by atoms with Crippen LogP contribution in [-0.2, 0) is 19.5 Å². The minimum absolute atomic E-state index is 0.424. The Kier molecular flexibility index (Phi) is 3.54. The lowest BCUT2D eigenvalue weighted by Gasteiger charge is -2.32. The molecule has 1 aromatic rings. The van der Waals surface area contributed by atoms with E-state index < -0.39 is 28.5 Å². The molecule has 0 spiro atoms. The van der Waals surface area contributed by atoms with E-state index in [1.165, 1.54) is 8.61 Å². The normalized spacial score (nSPS) is 26.2. The van der Waals surface area contributed by atoms with Gasteiger partial charge in [0.25, 0.3) is 0 Å². The van der Waals surface area contributed by atoms with Crippen LogP contribution in [0.5, 0.6) is 0 Å². The van der Waals surface area contributed by atoms with Crippen LogP contribution in [0.2, 0.25) is 0 Å². The first-order valence-electron chi connectivity index (χ1n) is 8.79. The summed E-state index contributed by atoms with van der Waals surface area (Å²) in [5.74, 6) is 0.483. The summed E-state index contributed by atoms with van der Waals surface area (Å²) < 4.78 is 40.6. The lowest BCUT2D eigenvalue weighted by atomic mass is 9.78. The van der Waals surface area contributed by atoms with Gasteiger partial charge in [0, 0.05) is 13.6 Å². The maximum absolute atomic E-state index is 12.7. The topological polar surface area (TPSA) is 59.1 Å². The first-order valence-corrected chi connectivity index (χ1v) is 10.2. The van der Waals surface area contributed by atoms with Gasteiger partial charge in [-0.25, -0.2) is 0 Å². The lowest BCUT2D eigenvalue weighted by molar-refractivity contribution is 0.00578. The van der Waals surface area contributed by atoms with Crippen LogP contribution in [-0.4, -0.2) is 40.3 Å². The Balaban J connectivity index is 1.69. The van der Waals surface area contributed by atoms with Crippen LogP contribution in [0.4, 0.5) is 11.4 Å². The molecule has 6 nitrogen and oxygen atoms in total. The molecule has 1 saturated heterocycles. The molecule has 2 aliphatic heterocycles. The molecule has 0 aromatic heterocycles. The van der Waals surface area contributed by atoms with Crippen LogP contribution >= 0.6 is 0 Å². The number of anilines is 2. The van der Waals surface area contributed by atoms with Crippen LogP contribution in [0.25, 0.3) is 0 Å². The van der Waals surface area contributed by atoms with Crippen molar-refractivity contribution in [2.75, 3.05) is 22.2 Å². The Bertz CT molecular complexity index is 804. The molecule has 136 valence electrons. The van der Waals surface area contributed by atoms with Gasteiger partial charge in [-0.05, 0) is 64.1 Å². The number of rotatable bonds is 3. The second-order valence-corrected chi connectivity index (χ2v) is 10.2. The fourth-order valence-electron chi connectivity index (χ4n) is 3.25. The maximum atomic E-state index is 12.7. The number of benzene rings is 1. The first-order chi connectivity index (χ1) is 11.5. The van der Waals surface area contributed by atoms with Crippen molar-refractivity contribution < 1.29 is 17.7 Å². The molecule has 1 aromatic carbocycles. The zero-order valence-corrected chi connectivity index (χ0v) is 16.3. The number of hydrogen-bond donors (Lipinski definition) is 0. The van der Waals surface area contributed by atoms with E-state index in [0.29, 0.717) is 18.2 Å². The van der Waals surface area contributed by atoms with E-state index in [1.54, 1.807) is 7.05 Å². The van der Waals surface area contributed by atoms with E-state index >= 15 is 0 Å². The van der Waals surface area contributed by atoms with Gasteiger partial charge in [0.1, 0.15) is 0 Å². The summed E-state index contributed by atoms with van der Waals surface area (Å²) in [7, 11) is -2.37. The van der Waals surface area contributed by atoms with Crippen molar-refractivity contribution in [3.63, 3.8) is 0 Å². The van der Waals surface area contributed by atoms with E-state index in [0.717, 1.165) is 24.0 Å². The van der Waals surface area contributed by atoms with E-state index in [2.05, 4.69) is 0 Å². The highest BCUT2D eigenvalue weighted by atomic mass is 32.2. The van der Waals surface area contributed by atoms with Crippen molar-refractivity contribution in [2.24, 2.45) is 5.92 Å². The van der Waals surface area contributed by atoms with Crippen LogP contribution in [0.15, 0.2) is 18.2 Å². The van der Waals surface area contributed by atoms with Gasteiger partial charge in [-0.2, -0.15) is 8.42 Å². The van der Waals surface area contributed by atoms with Gasteiger partial charge in [0.2, 0.25) is 0 Å². The largest absolute Gasteiger partial charge is 0.494 e. The minimum atomic E-state index is -3.48. The van der Waals surface area contributed by atoms with E-state index in [9.17, 15) is 8.42 Å². The van der Waals surface area contributed by atoms with Crippen LogP contribution in [0.3, 0.4) is 0 Å². The summed E-state index contributed by atoms with van der Waals surface area (Å²) >= 11 is 0. The smallest absolute Gasteiger partial charge is 0.399 e. The molecular weight excluding hydrogens is 339 g/mol. The molecule has 2 heterocycles. The molecule has 1 saturated carbocycles. The highest BCUT2D eigenvalue weighted by molar-refractivity contribution is 7.94. The van der Waals surface area contributed by atoms with E-state index in [1.807, 2.05) is 45.9 Å². The molecule has 0 N–H and O–H groups in total. The van der Waals surface area contributed by atoms with E-state index in [4.69, 9.17) is 9.31 Å². The Labute approximate surface area is 150 Å². The summed E-state index contributed by atoms with van der Waals surface area (Å²) in [5, 5.41) is 0. The lowest BCUT2D eigenvalue weighted by Crippen LogP contribution is -2.41. The molecule has 1 aliphatic carbocycles. The quantitative estimate of drug-likeness (QED) is 0.769. The number of hydrogen-bond acceptors (Lipinski definition) is 4. The average Bonchev–Trinajstić information content (AvgIpc) is 3.27. The van der Waals surface area contributed by atoms with Gasteiger partial charge in [-0.3, -0.25) is 8.61 Å². The van der Waals surface area contributed by atoms with Crippen molar-refractivity contribution in [1.82, 2.24) is 0 Å². The van der Waals surface area contributed by atoms with Crippen molar-refractivity contribution in [3.8, 4) is 0 Å². The maximum Gasteiger partial charge on any atom is 0.494 e. The molecule has 0 atom stereocenters. The molecule has 4 rings (SSSR count). The van der Waals surface area contributed by atoms with Gasteiger partial charge in [-0.1, -0.05) is 6.07 Å². The van der Waals surface area contributed by atoms with Gasteiger partial charge >= 0.3 is 17.3 Å².